The Morgan fingerprint density at radius 3 is 2.75 bits per heavy atom. The van der Waals surface area contributed by atoms with Gasteiger partial charge in [0.2, 0.25) is 11.8 Å². The summed E-state index contributed by atoms with van der Waals surface area (Å²) in [5, 5.41) is 18.5. The number of aliphatic hydroxyl groups excluding tert-OH is 1. The van der Waals surface area contributed by atoms with Crippen molar-refractivity contribution in [3.63, 3.8) is 0 Å². The van der Waals surface area contributed by atoms with Crippen LogP contribution in [0.2, 0.25) is 0 Å². The first kappa shape index (κ1) is 21.7. The molecule has 2 atom stereocenters. The summed E-state index contributed by atoms with van der Waals surface area (Å²) in [6.45, 7) is 5.94. The smallest absolute Gasteiger partial charge is 0.407 e. The van der Waals surface area contributed by atoms with Gasteiger partial charge in [-0.1, -0.05) is 12.1 Å². The minimum atomic E-state index is -0.791. The summed E-state index contributed by atoms with van der Waals surface area (Å²) in [5.41, 5.74) is 0.649. The van der Waals surface area contributed by atoms with Crippen molar-refractivity contribution in [2.24, 2.45) is 5.92 Å². The molecule has 1 fully saturated rings. The molecule has 1 heterocycles. The normalized spacial score (nSPS) is 18.0. The highest BCUT2D eigenvalue weighted by Crippen LogP contribution is 2.21. The number of hydrogen-bond donors (Lipinski definition) is 4. The zero-order chi connectivity index (χ0) is 20.7. The predicted octanol–water partition coefficient (Wildman–Crippen LogP) is 2.10. The van der Waals surface area contributed by atoms with Gasteiger partial charge in [0.25, 0.3) is 0 Å². The van der Waals surface area contributed by atoms with Gasteiger partial charge in [0.15, 0.2) is 0 Å². The maximum Gasteiger partial charge on any atom is 0.407 e. The third kappa shape index (κ3) is 7.19. The van der Waals surface area contributed by atoms with Crippen molar-refractivity contribution in [2.75, 3.05) is 18.4 Å². The summed E-state index contributed by atoms with van der Waals surface area (Å²) in [7, 11) is 0. The number of rotatable bonds is 6. The lowest BCUT2D eigenvalue weighted by Gasteiger charge is -2.22. The molecule has 0 saturated carbocycles. The van der Waals surface area contributed by atoms with Gasteiger partial charge in [-0.05, 0) is 51.3 Å². The van der Waals surface area contributed by atoms with Gasteiger partial charge < -0.3 is 25.8 Å². The van der Waals surface area contributed by atoms with Gasteiger partial charge in [-0.25, -0.2) is 4.79 Å². The third-order valence-electron chi connectivity index (χ3n) is 4.26. The fraction of sp³-hybridized carbons (Fsp3) is 0.550. The Morgan fingerprint density at radius 1 is 1.36 bits per heavy atom. The molecule has 2 unspecified atom stereocenters. The summed E-state index contributed by atoms with van der Waals surface area (Å²) < 4.78 is 5.15. The second kappa shape index (κ2) is 9.54. The molecule has 28 heavy (non-hydrogen) atoms. The number of alkyl carbamates (subject to hydrolysis) is 1. The lowest BCUT2D eigenvalue weighted by molar-refractivity contribution is -0.126. The van der Waals surface area contributed by atoms with Crippen LogP contribution in [0, 0.1) is 5.92 Å². The van der Waals surface area contributed by atoms with Crippen LogP contribution in [0.15, 0.2) is 24.3 Å². The molecule has 1 saturated heterocycles. The second-order valence-corrected chi connectivity index (χ2v) is 7.89. The van der Waals surface area contributed by atoms with Crippen LogP contribution < -0.4 is 16.0 Å². The number of aliphatic hydroxyl groups is 1. The van der Waals surface area contributed by atoms with E-state index in [1.165, 1.54) is 0 Å². The molecule has 1 aliphatic rings. The number of benzene rings is 1. The monoisotopic (exact) mass is 391 g/mol. The number of carbonyl (C=O) groups excluding carboxylic acids is 3. The van der Waals surface area contributed by atoms with E-state index in [2.05, 4.69) is 16.0 Å². The van der Waals surface area contributed by atoms with Crippen LogP contribution in [0.5, 0.6) is 0 Å². The summed E-state index contributed by atoms with van der Waals surface area (Å²) in [5.74, 6) is -0.447. The molecule has 0 bridgehead atoms. The van der Waals surface area contributed by atoms with Crippen LogP contribution in [0.1, 0.15) is 51.7 Å². The molecule has 4 N–H and O–H groups in total. The van der Waals surface area contributed by atoms with E-state index in [1.54, 1.807) is 45.0 Å². The van der Waals surface area contributed by atoms with Gasteiger partial charge in [0.05, 0.1) is 12.0 Å². The molecular weight excluding hydrogens is 362 g/mol. The maximum atomic E-state index is 12.3. The lowest BCUT2D eigenvalue weighted by Crippen LogP contribution is -2.40. The maximum absolute atomic E-state index is 12.3. The van der Waals surface area contributed by atoms with E-state index >= 15 is 0 Å². The van der Waals surface area contributed by atoms with E-state index in [0.717, 1.165) is 0 Å². The van der Waals surface area contributed by atoms with E-state index in [-0.39, 0.29) is 24.3 Å². The van der Waals surface area contributed by atoms with Crippen LogP contribution in [-0.4, -0.2) is 41.7 Å². The van der Waals surface area contributed by atoms with Crippen molar-refractivity contribution < 1.29 is 24.2 Å². The fourth-order valence-corrected chi connectivity index (χ4v) is 2.82. The van der Waals surface area contributed by atoms with Gasteiger partial charge in [0, 0.05) is 25.2 Å². The summed E-state index contributed by atoms with van der Waals surface area (Å²) >= 11 is 0. The second-order valence-electron chi connectivity index (χ2n) is 7.89. The SMILES string of the molecule is CC(C)(C)OC(=O)NCCC(O)c1cccc(NC(=O)C2CCC(=O)NC2)c1. The standard InChI is InChI=1S/C20H29N3O5/c1-20(2,3)28-19(27)21-10-9-16(24)13-5-4-6-15(11-13)23-18(26)14-7-8-17(25)22-12-14/h4-6,11,14,16,24H,7-10,12H2,1-3H3,(H,21,27)(H,22,25)(H,23,26). The Kier molecular flexibility index (Phi) is 7.39. The molecule has 1 aromatic carbocycles. The number of amides is 3. The number of nitrogens with one attached hydrogen (secondary N) is 3. The van der Waals surface area contributed by atoms with Crippen molar-refractivity contribution in [3.05, 3.63) is 29.8 Å². The highest BCUT2D eigenvalue weighted by molar-refractivity contribution is 5.94. The molecule has 0 spiro atoms. The van der Waals surface area contributed by atoms with Crippen LogP contribution in [-0.2, 0) is 14.3 Å². The molecule has 0 aliphatic carbocycles. The number of carbonyl (C=O) groups is 3. The van der Waals surface area contributed by atoms with Gasteiger partial charge in [-0.2, -0.15) is 0 Å². The molecular formula is C20H29N3O5. The van der Waals surface area contributed by atoms with Crippen LogP contribution in [0.4, 0.5) is 10.5 Å². The molecule has 2 rings (SSSR count). The van der Waals surface area contributed by atoms with Gasteiger partial charge in [-0.15, -0.1) is 0 Å². The lowest BCUT2D eigenvalue weighted by atomic mass is 9.98. The molecule has 154 valence electrons. The van der Waals surface area contributed by atoms with E-state index in [0.29, 0.717) is 37.1 Å². The Labute approximate surface area is 165 Å². The van der Waals surface area contributed by atoms with E-state index < -0.39 is 17.8 Å². The predicted molar refractivity (Wildman–Crippen MR) is 105 cm³/mol. The fourth-order valence-electron chi connectivity index (χ4n) is 2.82. The van der Waals surface area contributed by atoms with Crippen molar-refractivity contribution >= 4 is 23.6 Å². The third-order valence-corrected chi connectivity index (χ3v) is 4.26. The van der Waals surface area contributed by atoms with Gasteiger partial charge in [-0.3, -0.25) is 9.59 Å². The molecule has 8 heteroatoms. The Morgan fingerprint density at radius 2 is 2.11 bits per heavy atom. The van der Waals surface area contributed by atoms with E-state index in [4.69, 9.17) is 4.74 Å². The first-order chi connectivity index (χ1) is 13.1. The average molecular weight is 391 g/mol. The van der Waals surface area contributed by atoms with Crippen LogP contribution >= 0.6 is 0 Å². The van der Waals surface area contributed by atoms with E-state index in [1.807, 2.05) is 0 Å². The molecule has 1 aromatic rings. The first-order valence-electron chi connectivity index (χ1n) is 9.46. The van der Waals surface area contributed by atoms with Crippen molar-refractivity contribution in [1.82, 2.24) is 10.6 Å². The summed E-state index contributed by atoms with van der Waals surface area (Å²) in [6, 6.07) is 6.96. The quantitative estimate of drug-likeness (QED) is 0.592. The molecule has 8 nitrogen and oxygen atoms in total. The number of piperidine rings is 1. The Bertz CT molecular complexity index is 704. The molecule has 1 aliphatic heterocycles. The minimum Gasteiger partial charge on any atom is -0.444 e. The largest absolute Gasteiger partial charge is 0.444 e. The van der Waals surface area contributed by atoms with E-state index in [9.17, 15) is 19.5 Å². The molecule has 0 aromatic heterocycles. The van der Waals surface area contributed by atoms with Crippen LogP contribution in [0.25, 0.3) is 0 Å². The number of hydrogen-bond acceptors (Lipinski definition) is 5. The molecule has 3 amide bonds. The number of ether oxygens (including phenoxy) is 1. The van der Waals surface area contributed by atoms with Gasteiger partial charge in [0.1, 0.15) is 5.60 Å². The number of anilines is 1. The summed E-state index contributed by atoms with van der Waals surface area (Å²) in [4.78, 5) is 35.2. The zero-order valence-electron chi connectivity index (χ0n) is 16.6. The highest BCUT2D eigenvalue weighted by atomic mass is 16.6. The Balaban J connectivity index is 1.83. The van der Waals surface area contributed by atoms with Crippen molar-refractivity contribution in [2.45, 2.75) is 51.7 Å². The first-order valence-corrected chi connectivity index (χ1v) is 9.46. The van der Waals surface area contributed by atoms with Crippen molar-refractivity contribution in [1.29, 1.82) is 0 Å². The zero-order valence-corrected chi connectivity index (χ0v) is 16.6. The highest BCUT2D eigenvalue weighted by Gasteiger charge is 2.24. The van der Waals surface area contributed by atoms with Crippen molar-refractivity contribution in [3.8, 4) is 0 Å². The average Bonchev–Trinajstić information content (AvgIpc) is 2.61. The Hall–Kier alpha value is -2.61. The summed E-state index contributed by atoms with van der Waals surface area (Å²) in [6.07, 6.45) is -0.135. The van der Waals surface area contributed by atoms with Gasteiger partial charge >= 0.3 is 6.09 Å². The molecule has 0 radical (unpaired) electrons. The van der Waals surface area contributed by atoms with Crippen LogP contribution in [0.3, 0.4) is 0 Å². The minimum absolute atomic E-state index is 0.0332. The topological polar surface area (TPSA) is 117 Å².